The minimum atomic E-state index is -0.446. The van der Waals surface area contributed by atoms with Crippen LogP contribution in [0.1, 0.15) is 47.1 Å². The number of aryl methyl sites for hydroxylation is 2. The number of Topliss-reactive ketones (excluding diaryl/α,β-unsaturated/α-hetero) is 1. The zero-order chi connectivity index (χ0) is 21.4. The second-order valence-electron chi connectivity index (χ2n) is 6.42. The minimum absolute atomic E-state index is 0.100. The van der Waals surface area contributed by atoms with E-state index in [1.807, 2.05) is 20.1 Å². The summed E-state index contributed by atoms with van der Waals surface area (Å²) in [4.78, 5) is 44.4. The summed E-state index contributed by atoms with van der Waals surface area (Å²) in [5, 5.41) is 3.42. The van der Waals surface area contributed by atoms with E-state index in [9.17, 15) is 14.4 Å². The number of esters is 1. The first-order chi connectivity index (χ1) is 13.8. The third-order valence-electron chi connectivity index (χ3n) is 4.34. The van der Waals surface area contributed by atoms with Crippen LogP contribution in [0.4, 0.5) is 5.69 Å². The van der Waals surface area contributed by atoms with Crippen molar-refractivity contribution >= 4 is 35.1 Å². The molecule has 1 amide bonds. The molecule has 0 bridgehead atoms. The first-order valence-corrected chi connectivity index (χ1v) is 10.5. The van der Waals surface area contributed by atoms with Crippen molar-refractivity contribution < 1.29 is 19.1 Å². The van der Waals surface area contributed by atoms with Gasteiger partial charge in [-0.15, -0.1) is 0 Å². The quantitative estimate of drug-likeness (QED) is 0.289. The highest BCUT2D eigenvalue weighted by molar-refractivity contribution is 7.98. The van der Waals surface area contributed by atoms with Crippen molar-refractivity contribution in [1.82, 2.24) is 9.97 Å². The van der Waals surface area contributed by atoms with E-state index in [2.05, 4.69) is 15.3 Å². The van der Waals surface area contributed by atoms with Gasteiger partial charge in [-0.05, 0) is 56.4 Å². The zero-order valence-corrected chi connectivity index (χ0v) is 17.9. The van der Waals surface area contributed by atoms with Crippen molar-refractivity contribution in [2.45, 2.75) is 45.2 Å². The number of benzene rings is 1. The molecule has 2 rings (SSSR count). The third-order valence-corrected chi connectivity index (χ3v) is 4.89. The van der Waals surface area contributed by atoms with Crippen LogP contribution in [0.25, 0.3) is 0 Å². The molecule has 0 aliphatic carbocycles. The third kappa shape index (κ3) is 6.67. The van der Waals surface area contributed by atoms with Crippen molar-refractivity contribution in [1.29, 1.82) is 0 Å². The summed E-state index contributed by atoms with van der Waals surface area (Å²) in [6, 6.07) is 6.48. The van der Waals surface area contributed by atoms with Crippen LogP contribution in [0.5, 0.6) is 0 Å². The van der Waals surface area contributed by atoms with E-state index in [4.69, 9.17) is 4.74 Å². The number of amides is 1. The van der Waals surface area contributed by atoms with Crippen LogP contribution in [0.3, 0.4) is 0 Å². The van der Waals surface area contributed by atoms with E-state index in [0.29, 0.717) is 29.2 Å². The van der Waals surface area contributed by atoms with Crippen LogP contribution < -0.4 is 5.32 Å². The molecule has 8 heteroatoms. The van der Waals surface area contributed by atoms with Crippen LogP contribution >= 0.6 is 11.8 Å². The number of thioether (sulfide) groups is 1. The Kier molecular flexibility index (Phi) is 8.33. The number of rotatable bonds is 9. The number of aromatic nitrogens is 2. The maximum Gasteiger partial charge on any atom is 0.306 e. The molecule has 0 radical (unpaired) electrons. The van der Waals surface area contributed by atoms with E-state index in [0.717, 1.165) is 17.0 Å². The second kappa shape index (κ2) is 10.7. The van der Waals surface area contributed by atoms with Gasteiger partial charge >= 0.3 is 5.97 Å². The summed E-state index contributed by atoms with van der Waals surface area (Å²) in [5.41, 5.74) is 3.66. The number of hydrogen-bond acceptors (Lipinski definition) is 7. The molecule has 0 unspecified atom stereocenters. The highest BCUT2D eigenvalue weighted by atomic mass is 32.2. The Labute approximate surface area is 174 Å². The lowest BCUT2D eigenvalue weighted by Gasteiger charge is -2.10. The molecule has 0 fully saturated rings. The van der Waals surface area contributed by atoms with Gasteiger partial charge in [0.1, 0.15) is 0 Å². The Morgan fingerprint density at radius 2 is 1.69 bits per heavy atom. The Morgan fingerprint density at radius 1 is 1.07 bits per heavy atom. The van der Waals surface area contributed by atoms with Gasteiger partial charge in [0.15, 0.2) is 17.5 Å². The smallest absolute Gasteiger partial charge is 0.306 e. The fourth-order valence-electron chi connectivity index (χ4n) is 2.68. The van der Waals surface area contributed by atoms with E-state index in [1.54, 1.807) is 31.2 Å². The van der Waals surface area contributed by atoms with Gasteiger partial charge in [-0.3, -0.25) is 14.4 Å². The van der Waals surface area contributed by atoms with Crippen molar-refractivity contribution in [2.24, 2.45) is 0 Å². The molecule has 1 heterocycles. The number of anilines is 1. The monoisotopic (exact) mass is 415 g/mol. The number of nitrogens with one attached hydrogen (secondary N) is 1. The van der Waals surface area contributed by atoms with Crippen molar-refractivity contribution in [3.05, 3.63) is 46.8 Å². The van der Waals surface area contributed by atoms with E-state index in [1.165, 1.54) is 11.8 Å². The number of hydrogen-bond donors (Lipinski definition) is 1. The Hall–Kier alpha value is -2.74. The SMILES string of the molecule is CCC(=O)Nc1ccc(C(=O)COC(=O)CCc2c(C)nc(SC)nc2C)cc1. The maximum atomic E-state index is 12.2. The van der Waals surface area contributed by atoms with Crippen LogP contribution in [0, 0.1) is 13.8 Å². The van der Waals surface area contributed by atoms with Gasteiger partial charge in [-0.1, -0.05) is 18.7 Å². The van der Waals surface area contributed by atoms with Gasteiger partial charge in [-0.25, -0.2) is 9.97 Å². The number of ether oxygens (including phenoxy) is 1. The highest BCUT2D eigenvalue weighted by Crippen LogP contribution is 2.17. The summed E-state index contributed by atoms with van der Waals surface area (Å²) >= 11 is 1.47. The number of carbonyl (C=O) groups is 3. The fourth-order valence-corrected chi connectivity index (χ4v) is 3.14. The Balaban J connectivity index is 1.84. The molecule has 1 aromatic heterocycles. The maximum absolute atomic E-state index is 12.2. The average Bonchev–Trinajstić information content (AvgIpc) is 2.71. The molecular formula is C21H25N3O4S. The highest BCUT2D eigenvalue weighted by Gasteiger charge is 2.13. The largest absolute Gasteiger partial charge is 0.457 e. The van der Waals surface area contributed by atoms with E-state index < -0.39 is 5.97 Å². The van der Waals surface area contributed by atoms with E-state index in [-0.39, 0.29) is 24.7 Å². The lowest BCUT2D eigenvalue weighted by molar-refractivity contribution is -0.142. The zero-order valence-electron chi connectivity index (χ0n) is 17.1. The van der Waals surface area contributed by atoms with Crippen molar-refractivity contribution in [3.8, 4) is 0 Å². The normalized spacial score (nSPS) is 10.5. The molecule has 29 heavy (non-hydrogen) atoms. The average molecular weight is 416 g/mol. The molecular weight excluding hydrogens is 390 g/mol. The summed E-state index contributed by atoms with van der Waals surface area (Å²) < 4.78 is 5.11. The van der Waals surface area contributed by atoms with E-state index >= 15 is 0 Å². The molecule has 0 aliphatic heterocycles. The first kappa shape index (κ1) is 22.5. The summed E-state index contributed by atoms with van der Waals surface area (Å²) in [5.74, 6) is -0.846. The molecule has 0 aliphatic rings. The first-order valence-electron chi connectivity index (χ1n) is 9.30. The standard InChI is InChI=1S/C21H25N3O4S/c1-5-19(26)24-16-8-6-15(7-9-16)18(25)12-28-20(27)11-10-17-13(2)22-21(29-4)23-14(17)3/h6-9H,5,10-12H2,1-4H3,(H,24,26). The van der Waals surface area contributed by atoms with Gasteiger partial charge in [0.25, 0.3) is 0 Å². The van der Waals surface area contributed by atoms with Crippen LogP contribution in [0.2, 0.25) is 0 Å². The van der Waals surface area contributed by atoms with Gasteiger partial charge in [0.05, 0.1) is 0 Å². The van der Waals surface area contributed by atoms with Gasteiger partial charge in [0, 0.05) is 35.5 Å². The van der Waals surface area contributed by atoms with Gasteiger partial charge in [-0.2, -0.15) is 0 Å². The minimum Gasteiger partial charge on any atom is -0.457 e. The van der Waals surface area contributed by atoms with Gasteiger partial charge in [0.2, 0.25) is 5.91 Å². The Morgan fingerprint density at radius 3 is 2.24 bits per heavy atom. The predicted molar refractivity (Wildman–Crippen MR) is 112 cm³/mol. The summed E-state index contributed by atoms with van der Waals surface area (Å²) in [6.07, 6.45) is 2.91. The number of carbonyl (C=O) groups excluding carboxylic acids is 3. The van der Waals surface area contributed by atoms with Gasteiger partial charge < -0.3 is 10.1 Å². The van der Waals surface area contributed by atoms with Crippen molar-refractivity contribution in [2.75, 3.05) is 18.2 Å². The molecule has 0 saturated carbocycles. The van der Waals surface area contributed by atoms with Crippen molar-refractivity contribution in [3.63, 3.8) is 0 Å². The van der Waals surface area contributed by atoms with Crippen LogP contribution in [-0.4, -0.2) is 40.5 Å². The second-order valence-corrected chi connectivity index (χ2v) is 7.20. The lowest BCUT2D eigenvalue weighted by atomic mass is 10.1. The number of nitrogens with zero attached hydrogens (tertiary/aromatic N) is 2. The van der Waals surface area contributed by atoms with Crippen LogP contribution in [-0.2, 0) is 20.7 Å². The predicted octanol–water partition coefficient (Wildman–Crippen LogP) is 3.52. The molecule has 1 aromatic carbocycles. The Bertz CT molecular complexity index is 874. The summed E-state index contributed by atoms with van der Waals surface area (Å²) in [6.45, 7) is 5.23. The topological polar surface area (TPSA) is 98.2 Å². The fraction of sp³-hybridized carbons (Fsp3) is 0.381. The molecule has 7 nitrogen and oxygen atoms in total. The summed E-state index contributed by atoms with van der Waals surface area (Å²) in [7, 11) is 0. The lowest BCUT2D eigenvalue weighted by Crippen LogP contribution is -2.15. The molecule has 0 atom stereocenters. The molecule has 2 aromatic rings. The number of ketones is 1. The molecule has 1 N–H and O–H groups in total. The molecule has 154 valence electrons. The molecule has 0 saturated heterocycles. The molecule has 0 spiro atoms. The van der Waals surface area contributed by atoms with Crippen LogP contribution in [0.15, 0.2) is 29.4 Å².